The van der Waals surface area contributed by atoms with E-state index in [1.54, 1.807) is 0 Å². The molecule has 0 aliphatic rings. The Morgan fingerprint density at radius 1 is 0.410 bits per heavy atom. The average Bonchev–Trinajstić information content (AvgIpc) is 3.92. The summed E-state index contributed by atoms with van der Waals surface area (Å²) in [5, 5.41) is 7.01. The molecule has 0 saturated heterocycles. The zero-order valence-corrected chi connectivity index (χ0v) is 33.1. The molecule has 2 heterocycles. The summed E-state index contributed by atoms with van der Waals surface area (Å²) >= 11 is 0. The van der Waals surface area contributed by atoms with E-state index in [1.165, 1.54) is 27.3 Å². The zero-order valence-electron chi connectivity index (χ0n) is 33.1. The normalized spacial score (nSPS) is 11.6. The molecule has 2 aromatic heterocycles. The summed E-state index contributed by atoms with van der Waals surface area (Å²) in [4.78, 5) is 7.51. The van der Waals surface area contributed by atoms with Gasteiger partial charge in [0.25, 0.3) is 0 Å². The van der Waals surface area contributed by atoms with Gasteiger partial charge in [-0.25, -0.2) is 4.98 Å². The summed E-state index contributed by atoms with van der Waals surface area (Å²) in [5.41, 5.74) is 13.5. The first-order chi connectivity index (χ1) is 30.3. The molecule has 0 amide bonds. The van der Waals surface area contributed by atoms with Gasteiger partial charge in [0.2, 0.25) is 5.89 Å². The summed E-state index contributed by atoms with van der Waals surface area (Å²) < 4.78 is 9.35. The fourth-order valence-electron chi connectivity index (χ4n) is 9.21. The molecule has 12 rings (SSSR count). The van der Waals surface area contributed by atoms with Gasteiger partial charge in [0.1, 0.15) is 5.52 Å². The Morgan fingerprint density at radius 2 is 1.02 bits per heavy atom. The van der Waals surface area contributed by atoms with Gasteiger partial charge in [-0.2, -0.15) is 0 Å². The Morgan fingerprint density at radius 3 is 1.82 bits per heavy atom. The maximum atomic E-state index is 6.95. The first-order valence-electron chi connectivity index (χ1n) is 20.7. The minimum atomic E-state index is 0.595. The van der Waals surface area contributed by atoms with Crippen molar-refractivity contribution in [3.05, 3.63) is 224 Å². The maximum absolute atomic E-state index is 6.95. The van der Waals surface area contributed by atoms with Crippen molar-refractivity contribution in [3.63, 3.8) is 0 Å². The third kappa shape index (κ3) is 5.80. The van der Waals surface area contributed by atoms with Crippen molar-refractivity contribution in [1.29, 1.82) is 0 Å². The third-order valence-electron chi connectivity index (χ3n) is 12.0. The summed E-state index contributed by atoms with van der Waals surface area (Å²) in [6, 6.07) is 79.8. The van der Waals surface area contributed by atoms with E-state index in [4.69, 9.17) is 9.40 Å². The van der Waals surface area contributed by atoms with Gasteiger partial charge in [-0.15, -0.1) is 0 Å². The molecule has 0 atom stereocenters. The molecule has 0 aliphatic heterocycles. The average molecular weight is 780 g/mol. The van der Waals surface area contributed by atoms with E-state index in [9.17, 15) is 0 Å². The maximum Gasteiger partial charge on any atom is 0.228 e. The van der Waals surface area contributed by atoms with Crippen LogP contribution in [0.3, 0.4) is 0 Å². The molecule has 0 spiro atoms. The smallest absolute Gasteiger partial charge is 0.228 e. The van der Waals surface area contributed by atoms with Crippen molar-refractivity contribution in [2.75, 3.05) is 4.90 Å². The quantitative estimate of drug-likeness (QED) is 0.162. The van der Waals surface area contributed by atoms with Crippen LogP contribution in [0.25, 0.3) is 93.8 Å². The van der Waals surface area contributed by atoms with Crippen LogP contribution in [0.1, 0.15) is 0 Å². The number of hydrogen-bond donors (Lipinski definition) is 0. The molecular formula is C57H37N3O. The number of anilines is 3. The van der Waals surface area contributed by atoms with Crippen LogP contribution in [-0.4, -0.2) is 9.55 Å². The van der Waals surface area contributed by atoms with Crippen molar-refractivity contribution in [2.24, 2.45) is 0 Å². The van der Waals surface area contributed by atoms with Crippen LogP contribution in [0.2, 0.25) is 0 Å². The van der Waals surface area contributed by atoms with E-state index in [-0.39, 0.29) is 0 Å². The minimum Gasteiger partial charge on any atom is -0.434 e. The van der Waals surface area contributed by atoms with Crippen LogP contribution in [0.15, 0.2) is 229 Å². The highest BCUT2D eigenvalue weighted by atomic mass is 16.3. The van der Waals surface area contributed by atoms with Crippen LogP contribution in [0.4, 0.5) is 17.1 Å². The van der Waals surface area contributed by atoms with E-state index in [2.05, 4.69) is 228 Å². The second-order valence-electron chi connectivity index (χ2n) is 15.5. The Bertz CT molecular complexity index is 3580. The summed E-state index contributed by atoms with van der Waals surface area (Å²) in [7, 11) is 0. The molecular weight excluding hydrogens is 743 g/mol. The molecule has 0 bridgehead atoms. The molecule has 4 nitrogen and oxygen atoms in total. The van der Waals surface area contributed by atoms with Crippen molar-refractivity contribution in [2.45, 2.75) is 0 Å². The molecule has 0 saturated carbocycles. The van der Waals surface area contributed by atoms with E-state index >= 15 is 0 Å². The Hall–Kier alpha value is -8.21. The Kier molecular flexibility index (Phi) is 8.13. The topological polar surface area (TPSA) is 34.2 Å². The number of benzene rings is 10. The first kappa shape index (κ1) is 34.8. The van der Waals surface area contributed by atoms with Gasteiger partial charge in [-0.3, -0.25) is 0 Å². The van der Waals surface area contributed by atoms with Crippen LogP contribution >= 0.6 is 0 Å². The molecule has 0 fully saturated rings. The molecule has 0 N–H and O–H groups in total. The lowest BCUT2D eigenvalue weighted by atomic mass is 9.98. The summed E-state index contributed by atoms with van der Waals surface area (Å²) in [6.45, 7) is 0. The van der Waals surface area contributed by atoms with Gasteiger partial charge < -0.3 is 13.9 Å². The van der Waals surface area contributed by atoms with Crippen LogP contribution < -0.4 is 4.90 Å². The summed E-state index contributed by atoms with van der Waals surface area (Å²) in [6.07, 6.45) is 0. The fourth-order valence-corrected chi connectivity index (χ4v) is 9.21. The van der Waals surface area contributed by atoms with Gasteiger partial charge in [-0.05, 0) is 99.1 Å². The number of oxazole rings is 1. The lowest BCUT2D eigenvalue weighted by Crippen LogP contribution is -2.11. The van der Waals surface area contributed by atoms with Crippen molar-refractivity contribution in [1.82, 2.24) is 9.55 Å². The van der Waals surface area contributed by atoms with E-state index < -0.39 is 0 Å². The van der Waals surface area contributed by atoms with E-state index in [0.29, 0.717) is 5.89 Å². The van der Waals surface area contributed by atoms with Crippen molar-refractivity contribution < 1.29 is 4.42 Å². The predicted octanol–water partition coefficient (Wildman–Crippen LogP) is 15.7. The Labute approximate surface area is 352 Å². The predicted molar refractivity (Wildman–Crippen MR) is 254 cm³/mol. The van der Waals surface area contributed by atoms with Gasteiger partial charge in [0.05, 0.1) is 22.4 Å². The number of para-hydroxylation sites is 3. The lowest BCUT2D eigenvalue weighted by molar-refractivity contribution is 0.621. The number of rotatable bonds is 7. The van der Waals surface area contributed by atoms with Gasteiger partial charge in [0.15, 0.2) is 5.58 Å². The second-order valence-corrected chi connectivity index (χ2v) is 15.5. The molecule has 61 heavy (non-hydrogen) atoms. The molecule has 286 valence electrons. The molecule has 0 unspecified atom stereocenters. The number of fused-ring (bicyclic) bond motifs is 7. The number of nitrogens with zero attached hydrogens (tertiary/aromatic N) is 3. The summed E-state index contributed by atoms with van der Waals surface area (Å²) in [5.74, 6) is 0.595. The molecule has 12 aromatic rings. The first-order valence-corrected chi connectivity index (χ1v) is 20.7. The largest absolute Gasteiger partial charge is 0.434 e. The monoisotopic (exact) mass is 779 g/mol. The Balaban J connectivity index is 1.11. The van der Waals surface area contributed by atoms with Gasteiger partial charge in [0, 0.05) is 33.1 Å². The second kappa shape index (κ2) is 14.3. The number of hydrogen-bond acceptors (Lipinski definition) is 3. The number of aromatic nitrogens is 2. The van der Waals surface area contributed by atoms with E-state index in [1.807, 2.05) is 6.07 Å². The highest BCUT2D eigenvalue weighted by Gasteiger charge is 2.25. The molecule has 0 aliphatic carbocycles. The van der Waals surface area contributed by atoms with E-state index in [0.717, 1.165) is 77.7 Å². The molecule has 4 heteroatoms. The minimum absolute atomic E-state index is 0.595. The van der Waals surface area contributed by atoms with Crippen LogP contribution in [-0.2, 0) is 0 Å². The van der Waals surface area contributed by atoms with Crippen LogP contribution in [0.5, 0.6) is 0 Å². The lowest BCUT2D eigenvalue weighted by Gasteiger charge is -2.27. The van der Waals surface area contributed by atoms with Gasteiger partial charge >= 0.3 is 0 Å². The third-order valence-corrected chi connectivity index (χ3v) is 12.0. The zero-order chi connectivity index (χ0) is 40.3. The highest BCUT2D eigenvalue weighted by Crippen LogP contribution is 2.47. The van der Waals surface area contributed by atoms with Crippen molar-refractivity contribution >= 4 is 71.5 Å². The standard InChI is InChI=1S/C57H37N3O/c1-3-16-38(17-4-1)41-20-13-21-42(36-41)39-32-34-44(35-33-39)60(52-31-15-29-50-56(52)61-57(58-50)48-28-14-19-40-18-7-8-24-45(40)48)53-37-54-55(47-26-10-9-25-46(47)53)49-27-11-12-30-51(49)59(54)43-22-5-2-6-23-43/h1-37H. The van der Waals surface area contributed by atoms with Crippen LogP contribution in [0, 0.1) is 0 Å². The molecule has 10 aromatic carbocycles. The highest BCUT2D eigenvalue weighted by molar-refractivity contribution is 6.25. The molecule has 0 radical (unpaired) electrons. The van der Waals surface area contributed by atoms with Gasteiger partial charge in [-0.1, -0.05) is 164 Å². The van der Waals surface area contributed by atoms with Crippen molar-refractivity contribution in [3.8, 4) is 39.4 Å². The SMILES string of the molecule is c1ccc(-c2cccc(-c3ccc(N(c4cc5c(c6ccccc46)c4ccccc4n5-c4ccccc4)c4cccc5nc(-c6cccc7ccccc67)oc45)cc3)c2)cc1. The fraction of sp³-hybridized carbons (Fsp3) is 0.